The van der Waals surface area contributed by atoms with Gasteiger partial charge >= 0.3 is 6.03 Å². The Bertz CT molecular complexity index is 1160. The molecule has 1 aromatic heterocycles. The molecule has 0 spiro atoms. The Hall–Kier alpha value is -3.21. The van der Waals surface area contributed by atoms with E-state index < -0.39 is 34.3 Å². The lowest BCUT2D eigenvalue weighted by atomic mass is 10.1. The summed E-state index contributed by atoms with van der Waals surface area (Å²) in [4.78, 5) is 30.5. The van der Waals surface area contributed by atoms with Crippen molar-refractivity contribution in [3.05, 3.63) is 48.4 Å². The zero-order chi connectivity index (χ0) is 20.3. The second-order valence-corrected chi connectivity index (χ2v) is 8.93. The van der Waals surface area contributed by atoms with Crippen molar-refractivity contribution in [2.75, 3.05) is 18.4 Å². The molecule has 3 amide bonds. The van der Waals surface area contributed by atoms with Gasteiger partial charge in [-0.2, -0.15) is 0 Å². The van der Waals surface area contributed by atoms with Crippen LogP contribution in [0.5, 0.6) is 0 Å². The van der Waals surface area contributed by atoms with Gasteiger partial charge in [-0.1, -0.05) is 6.08 Å². The summed E-state index contributed by atoms with van der Waals surface area (Å²) in [5, 5.41) is 2.39. The molecule has 29 heavy (non-hydrogen) atoms. The fraction of sp³-hybridized carbons (Fsp3) is 0.278. The SMILES string of the molecule is O=C(CN1C(=O)Nc2ccc(F)cc2S1(=O)=O)N1C[C@@H]2C=C(c3ncco3)[C@H]1C2. The lowest BCUT2D eigenvalue weighted by Crippen LogP contribution is -2.50. The summed E-state index contributed by atoms with van der Waals surface area (Å²) in [7, 11) is -4.36. The summed E-state index contributed by atoms with van der Waals surface area (Å²) in [5.74, 6) is -0.740. The smallest absolute Gasteiger partial charge is 0.336 e. The minimum Gasteiger partial charge on any atom is -0.445 e. The molecule has 5 rings (SSSR count). The molecular weight excluding hydrogens is 403 g/mol. The van der Waals surface area contributed by atoms with E-state index in [0.29, 0.717) is 23.2 Å². The van der Waals surface area contributed by atoms with Crippen molar-refractivity contribution in [3.8, 4) is 0 Å². The number of nitrogens with one attached hydrogen (secondary N) is 1. The van der Waals surface area contributed by atoms with E-state index in [4.69, 9.17) is 4.42 Å². The Morgan fingerprint density at radius 2 is 2.21 bits per heavy atom. The lowest BCUT2D eigenvalue weighted by molar-refractivity contribution is -0.131. The topological polar surface area (TPSA) is 113 Å². The first-order valence-corrected chi connectivity index (χ1v) is 10.3. The molecule has 1 N–H and O–H groups in total. The number of oxazole rings is 1. The third kappa shape index (κ3) is 2.72. The molecular formula is C18H15FN4O5S. The van der Waals surface area contributed by atoms with Crippen molar-refractivity contribution in [2.45, 2.75) is 17.4 Å². The van der Waals surface area contributed by atoms with E-state index >= 15 is 0 Å². The minimum absolute atomic E-state index is 0.0190. The van der Waals surface area contributed by atoms with Crippen molar-refractivity contribution in [1.82, 2.24) is 14.2 Å². The molecule has 0 radical (unpaired) electrons. The molecule has 2 bridgehead atoms. The highest BCUT2D eigenvalue weighted by atomic mass is 32.2. The molecule has 9 nitrogen and oxygen atoms in total. The molecule has 150 valence electrons. The Morgan fingerprint density at radius 1 is 1.38 bits per heavy atom. The highest BCUT2D eigenvalue weighted by Gasteiger charge is 2.45. The van der Waals surface area contributed by atoms with Crippen LogP contribution in [0.4, 0.5) is 14.9 Å². The maximum atomic E-state index is 13.6. The maximum absolute atomic E-state index is 13.6. The van der Waals surface area contributed by atoms with Gasteiger partial charge in [0.15, 0.2) is 0 Å². The average molecular weight is 418 g/mol. The molecule has 0 saturated carbocycles. The molecule has 11 heteroatoms. The number of rotatable bonds is 3. The molecule has 1 aromatic carbocycles. The summed E-state index contributed by atoms with van der Waals surface area (Å²) < 4.78 is 45.0. The highest BCUT2D eigenvalue weighted by Crippen LogP contribution is 2.41. The molecule has 0 unspecified atom stereocenters. The van der Waals surface area contributed by atoms with Crippen LogP contribution in [0.1, 0.15) is 12.3 Å². The van der Waals surface area contributed by atoms with Crippen molar-refractivity contribution < 1.29 is 26.8 Å². The maximum Gasteiger partial charge on any atom is 0.336 e. The van der Waals surface area contributed by atoms with Crippen LogP contribution < -0.4 is 5.32 Å². The summed E-state index contributed by atoms with van der Waals surface area (Å²) in [6.07, 6.45) is 5.64. The predicted molar refractivity (Wildman–Crippen MR) is 97.4 cm³/mol. The summed E-state index contributed by atoms with van der Waals surface area (Å²) in [6.45, 7) is -0.249. The van der Waals surface area contributed by atoms with E-state index in [1.54, 1.807) is 0 Å². The fourth-order valence-corrected chi connectivity index (χ4v) is 5.53. The van der Waals surface area contributed by atoms with Gasteiger partial charge in [0.2, 0.25) is 11.8 Å². The average Bonchev–Trinajstić information content (AvgIpc) is 3.42. The second-order valence-electron chi connectivity index (χ2n) is 7.10. The van der Waals surface area contributed by atoms with Gasteiger partial charge in [0.25, 0.3) is 10.0 Å². The molecule has 1 saturated heterocycles. The third-order valence-electron chi connectivity index (χ3n) is 5.37. The van der Waals surface area contributed by atoms with E-state index in [1.165, 1.54) is 23.4 Å². The standard InChI is InChI=1S/C18H15FN4O5S/c19-11-1-2-13-15(7-11)29(26,27)23(18(25)21-13)9-16(24)22-8-10-5-12(14(22)6-10)17-20-3-4-28-17/h1-5,7,10,14H,6,8-9H2,(H,21,25)/t10-,14-/m1/s1. The predicted octanol–water partition coefficient (Wildman–Crippen LogP) is 1.66. The fourth-order valence-electron chi connectivity index (χ4n) is 4.09. The normalized spacial score (nSPS) is 24.3. The third-order valence-corrected chi connectivity index (χ3v) is 7.13. The largest absolute Gasteiger partial charge is 0.445 e. The van der Waals surface area contributed by atoms with E-state index in [2.05, 4.69) is 10.3 Å². The van der Waals surface area contributed by atoms with E-state index in [9.17, 15) is 22.4 Å². The molecule has 2 atom stereocenters. The first kappa shape index (κ1) is 17.9. The monoisotopic (exact) mass is 418 g/mol. The Labute approximate surface area is 164 Å². The molecule has 2 aliphatic heterocycles. The van der Waals surface area contributed by atoms with Gasteiger partial charge < -0.3 is 14.6 Å². The van der Waals surface area contributed by atoms with Crippen LogP contribution in [0.25, 0.3) is 5.57 Å². The number of aromatic nitrogens is 1. The van der Waals surface area contributed by atoms with Crippen LogP contribution in [0.2, 0.25) is 0 Å². The van der Waals surface area contributed by atoms with Gasteiger partial charge in [-0.05, 0) is 30.5 Å². The number of anilines is 1. The summed E-state index contributed by atoms with van der Waals surface area (Å²) in [5.41, 5.74) is 0.757. The van der Waals surface area contributed by atoms with Crippen LogP contribution in [0.15, 0.2) is 46.0 Å². The summed E-state index contributed by atoms with van der Waals surface area (Å²) >= 11 is 0. The Morgan fingerprint density at radius 3 is 2.93 bits per heavy atom. The van der Waals surface area contributed by atoms with E-state index in [0.717, 1.165) is 17.7 Å². The van der Waals surface area contributed by atoms with Gasteiger partial charge in [-0.15, -0.1) is 0 Å². The van der Waals surface area contributed by atoms with Gasteiger partial charge in [0.1, 0.15) is 23.5 Å². The Balaban J connectivity index is 1.40. The van der Waals surface area contributed by atoms with Gasteiger partial charge in [0.05, 0.1) is 17.9 Å². The van der Waals surface area contributed by atoms with Crippen molar-refractivity contribution in [2.24, 2.45) is 5.92 Å². The van der Waals surface area contributed by atoms with Crippen LogP contribution in [-0.2, 0) is 14.8 Å². The molecule has 1 fully saturated rings. The van der Waals surface area contributed by atoms with Crippen molar-refractivity contribution >= 4 is 33.2 Å². The minimum atomic E-state index is -4.36. The van der Waals surface area contributed by atoms with Gasteiger partial charge in [-0.25, -0.2) is 26.9 Å². The number of carbonyl (C=O) groups excluding carboxylic acids is 2. The van der Waals surface area contributed by atoms with Crippen LogP contribution in [-0.4, -0.2) is 53.7 Å². The number of carbonyl (C=O) groups is 2. The number of urea groups is 1. The number of halogens is 1. The highest BCUT2D eigenvalue weighted by molar-refractivity contribution is 7.90. The molecule has 3 aliphatic rings. The second kappa shape index (κ2) is 6.14. The lowest BCUT2D eigenvalue weighted by Gasteiger charge is -2.32. The number of hydrogen-bond acceptors (Lipinski definition) is 6. The van der Waals surface area contributed by atoms with Crippen LogP contribution in [0.3, 0.4) is 0 Å². The number of likely N-dealkylation sites (tertiary alicyclic amines) is 1. The van der Waals surface area contributed by atoms with Crippen LogP contribution >= 0.6 is 0 Å². The number of benzene rings is 1. The number of amides is 3. The quantitative estimate of drug-likeness (QED) is 0.811. The Kier molecular flexibility index (Phi) is 3.78. The van der Waals surface area contributed by atoms with Gasteiger partial charge in [0, 0.05) is 12.1 Å². The number of sulfonamides is 1. The zero-order valence-electron chi connectivity index (χ0n) is 14.9. The van der Waals surface area contributed by atoms with Crippen LogP contribution in [0, 0.1) is 11.7 Å². The first-order valence-electron chi connectivity index (χ1n) is 8.89. The van der Waals surface area contributed by atoms with E-state index in [-0.39, 0.29) is 22.5 Å². The van der Waals surface area contributed by atoms with E-state index in [1.807, 2.05) is 6.08 Å². The van der Waals surface area contributed by atoms with Gasteiger partial charge in [-0.3, -0.25) is 4.79 Å². The molecule has 1 aliphatic carbocycles. The zero-order valence-corrected chi connectivity index (χ0v) is 15.7. The number of fused-ring (bicyclic) bond motifs is 3. The first-order chi connectivity index (χ1) is 13.8. The summed E-state index contributed by atoms with van der Waals surface area (Å²) in [6, 6.07) is 1.80. The molecule has 2 aromatic rings. The molecule has 3 heterocycles. The van der Waals surface area contributed by atoms with Crippen molar-refractivity contribution in [3.63, 3.8) is 0 Å². The number of hydrogen-bond donors (Lipinski definition) is 1. The van der Waals surface area contributed by atoms with Crippen molar-refractivity contribution in [1.29, 1.82) is 0 Å². The number of nitrogens with zero attached hydrogens (tertiary/aromatic N) is 3.